The van der Waals surface area contributed by atoms with E-state index in [2.05, 4.69) is 6.92 Å². The van der Waals surface area contributed by atoms with Crippen molar-refractivity contribution in [2.75, 3.05) is 11.5 Å². The van der Waals surface area contributed by atoms with Gasteiger partial charge in [0.05, 0.1) is 18.1 Å². The maximum atomic E-state index is 10.5. The second-order valence-corrected chi connectivity index (χ2v) is 5.00. The summed E-state index contributed by atoms with van der Waals surface area (Å²) in [5.41, 5.74) is 0. The molecule has 14 heavy (non-hydrogen) atoms. The van der Waals surface area contributed by atoms with Gasteiger partial charge < -0.3 is 9.84 Å². The highest BCUT2D eigenvalue weighted by atomic mass is 32.2. The van der Waals surface area contributed by atoms with Crippen LogP contribution in [0.15, 0.2) is 0 Å². The second-order valence-electron chi connectivity index (χ2n) is 3.92. The van der Waals surface area contributed by atoms with Gasteiger partial charge in [0.15, 0.2) is 0 Å². The van der Waals surface area contributed by atoms with Crippen LogP contribution in [-0.4, -0.2) is 34.8 Å². The molecule has 1 aliphatic heterocycles. The molecule has 0 aromatic rings. The second kappa shape index (κ2) is 5.61. The monoisotopic (exact) mass is 218 g/mol. The maximum Gasteiger partial charge on any atom is 0.307 e. The summed E-state index contributed by atoms with van der Waals surface area (Å²) in [5, 5.41) is 8.67. The minimum absolute atomic E-state index is 0.251. The lowest BCUT2D eigenvalue weighted by Crippen LogP contribution is -2.15. The molecule has 0 amide bonds. The van der Waals surface area contributed by atoms with Gasteiger partial charge in [0.25, 0.3) is 0 Å². The first-order valence-corrected chi connectivity index (χ1v) is 6.21. The van der Waals surface area contributed by atoms with Crippen LogP contribution in [0.4, 0.5) is 0 Å². The molecule has 1 N–H and O–H groups in total. The molecule has 0 bridgehead atoms. The van der Waals surface area contributed by atoms with E-state index in [9.17, 15) is 4.79 Å². The Morgan fingerprint density at radius 3 is 2.86 bits per heavy atom. The van der Waals surface area contributed by atoms with Crippen LogP contribution in [0, 0.1) is 5.92 Å². The molecule has 0 aromatic carbocycles. The third-order valence-corrected chi connectivity index (χ3v) is 3.76. The normalized spacial score (nSPS) is 29.0. The van der Waals surface area contributed by atoms with Crippen LogP contribution in [0.1, 0.15) is 26.7 Å². The highest BCUT2D eigenvalue weighted by molar-refractivity contribution is 7.99. The summed E-state index contributed by atoms with van der Waals surface area (Å²) in [6, 6.07) is 0. The van der Waals surface area contributed by atoms with E-state index >= 15 is 0 Å². The zero-order valence-electron chi connectivity index (χ0n) is 8.73. The third-order valence-electron chi connectivity index (χ3n) is 2.41. The van der Waals surface area contributed by atoms with Gasteiger partial charge in [-0.25, -0.2) is 0 Å². The van der Waals surface area contributed by atoms with Crippen LogP contribution < -0.4 is 0 Å². The molecule has 1 heterocycles. The van der Waals surface area contributed by atoms with E-state index in [0.717, 1.165) is 18.6 Å². The molecule has 82 valence electrons. The topological polar surface area (TPSA) is 46.5 Å². The van der Waals surface area contributed by atoms with Crippen LogP contribution in [0.25, 0.3) is 0 Å². The van der Waals surface area contributed by atoms with Crippen molar-refractivity contribution in [1.29, 1.82) is 0 Å². The van der Waals surface area contributed by atoms with Crippen LogP contribution in [0.3, 0.4) is 0 Å². The molecule has 0 aliphatic carbocycles. The molecular formula is C10H18O3S. The minimum atomic E-state index is -0.710. The molecular weight excluding hydrogens is 200 g/mol. The zero-order valence-corrected chi connectivity index (χ0v) is 9.55. The van der Waals surface area contributed by atoms with E-state index in [-0.39, 0.29) is 5.92 Å². The Labute approximate surface area is 89.2 Å². The fourth-order valence-corrected chi connectivity index (χ4v) is 2.60. The number of thioether (sulfide) groups is 1. The van der Waals surface area contributed by atoms with Crippen LogP contribution in [-0.2, 0) is 9.53 Å². The molecule has 3 atom stereocenters. The highest BCUT2D eigenvalue weighted by Crippen LogP contribution is 2.23. The molecule has 0 radical (unpaired) electrons. The molecule has 0 aromatic heterocycles. The van der Waals surface area contributed by atoms with Crippen LogP contribution in [0.5, 0.6) is 0 Å². The SMILES string of the molecule is CC1CCC(CSCC(C)C(=O)O)O1. The summed E-state index contributed by atoms with van der Waals surface area (Å²) in [5.74, 6) is 0.656. The molecule has 4 heteroatoms. The van der Waals surface area contributed by atoms with Crippen molar-refractivity contribution in [1.82, 2.24) is 0 Å². The molecule has 1 saturated heterocycles. The van der Waals surface area contributed by atoms with Crippen molar-refractivity contribution in [2.45, 2.75) is 38.9 Å². The maximum absolute atomic E-state index is 10.5. The predicted octanol–water partition coefficient (Wildman–Crippen LogP) is 2.01. The van der Waals surface area contributed by atoms with Crippen molar-refractivity contribution in [3.63, 3.8) is 0 Å². The summed E-state index contributed by atoms with van der Waals surface area (Å²) in [7, 11) is 0. The first-order chi connectivity index (χ1) is 6.59. The lowest BCUT2D eigenvalue weighted by molar-refractivity contribution is -0.140. The Hall–Kier alpha value is -0.220. The standard InChI is InChI=1S/C10H18O3S/c1-7(10(11)12)5-14-6-9-4-3-8(2)13-9/h7-9H,3-6H2,1-2H3,(H,11,12). The summed E-state index contributed by atoms with van der Waals surface area (Å²) >= 11 is 1.68. The minimum Gasteiger partial charge on any atom is -0.481 e. The number of carboxylic acids is 1. The lowest BCUT2D eigenvalue weighted by Gasteiger charge is -2.11. The fraction of sp³-hybridized carbons (Fsp3) is 0.900. The van der Waals surface area contributed by atoms with Crippen molar-refractivity contribution in [3.8, 4) is 0 Å². The van der Waals surface area contributed by atoms with Gasteiger partial charge in [-0.05, 0) is 19.8 Å². The third kappa shape index (κ3) is 3.88. The first kappa shape index (κ1) is 11.9. The number of hydrogen-bond acceptors (Lipinski definition) is 3. The van der Waals surface area contributed by atoms with Gasteiger partial charge in [0, 0.05) is 11.5 Å². The molecule has 3 unspecified atom stereocenters. The van der Waals surface area contributed by atoms with Crippen molar-refractivity contribution < 1.29 is 14.6 Å². The predicted molar refractivity (Wildman–Crippen MR) is 57.7 cm³/mol. The summed E-state index contributed by atoms with van der Waals surface area (Å²) in [6.45, 7) is 3.83. The van der Waals surface area contributed by atoms with Gasteiger partial charge in [0.1, 0.15) is 0 Å². The summed E-state index contributed by atoms with van der Waals surface area (Å²) in [6.07, 6.45) is 2.99. The van der Waals surface area contributed by atoms with Crippen LogP contribution in [0.2, 0.25) is 0 Å². The van der Waals surface area contributed by atoms with Gasteiger partial charge in [-0.1, -0.05) is 6.92 Å². The highest BCUT2D eigenvalue weighted by Gasteiger charge is 2.22. The number of carbonyl (C=O) groups is 1. The summed E-state index contributed by atoms with van der Waals surface area (Å²) < 4.78 is 5.64. The smallest absolute Gasteiger partial charge is 0.307 e. The average molecular weight is 218 g/mol. The first-order valence-electron chi connectivity index (χ1n) is 5.05. The molecule has 0 spiro atoms. The Morgan fingerprint density at radius 2 is 2.36 bits per heavy atom. The molecule has 1 rings (SSSR count). The van der Waals surface area contributed by atoms with Gasteiger partial charge >= 0.3 is 5.97 Å². The number of carboxylic acid groups (broad SMARTS) is 1. The van der Waals surface area contributed by atoms with Crippen molar-refractivity contribution in [3.05, 3.63) is 0 Å². The van der Waals surface area contributed by atoms with Gasteiger partial charge in [-0.15, -0.1) is 0 Å². The number of ether oxygens (including phenoxy) is 1. The van der Waals surface area contributed by atoms with Gasteiger partial charge in [-0.3, -0.25) is 4.79 Å². The number of aliphatic carboxylic acids is 1. The largest absolute Gasteiger partial charge is 0.481 e. The van der Waals surface area contributed by atoms with Gasteiger partial charge in [0.2, 0.25) is 0 Å². The Bertz CT molecular complexity index is 196. The Morgan fingerprint density at radius 1 is 1.64 bits per heavy atom. The zero-order chi connectivity index (χ0) is 10.6. The lowest BCUT2D eigenvalue weighted by atomic mass is 10.2. The van der Waals surface area contributed by atoms with Crippen molar-refractivity contribution >= 4 is 17.7 Å². The van der Waals surface area contributed by atoms with E-state index < -0.39 is 5.97 Å². The Balaban J connectivity index is 2.07. The molecule has 3 nitrogen and oxygen atoms in total. The summed E-state index contributed by atoms with van der Waals surface area (Å²) in [4.78, 5) is 10.5. The van der Waals surface area contributed by atoms with E-state index in [4.69, 9.17) is 9.84 Å². The number of hydrogen-bond donors (Lipinski definition) is 1. The number of rotatable bonds is 5. The fourth-order valence-electron chi connectivity index (χ4n) is 1.46. The van der Waals surface area contributed by atoms with E-state index in [0.29, 0.717) is 18.0 Å². The average Bonchev–Trinajstić information content (AvgIpc) is 2.51. The van der Waals surface area contributed by atoms with Crippen LogP contribution >= 0.6 is 11.8 Å². The van der Waals surface area contributed by atoms with E-state index in [1.165, 1.54) is 0 Å². The van der Waals surface area contributed by atoms with E-state index in [1.54, 1.807) is 18.7 Å². The van der Waals surface area contributed by atoms with E-state index in [1.807, 2.05) is 0 Å². The van der Waals surface area contributed by atoms with Crippen molar-refractivity contribution in [2.24, 2.45) is 5.92 Å². The quantitative estimate of drug-likeness (QED) is 0.766. The Kier molecular flexibility index (Phi) is 4.75. The molecule has 1 aliphatic rings. The molecule has 0 saturated carbocycles. The molecule has 1 fully saturated rings. The van der Waals surface area contributed by atoms with Gasteiger partial charge in [-0.2, -0.15) is 11.8 Å².